The van der Waals surface area contributed by atoms with Gasteiger partial charge in [0, 0.05) is 11.1 Å². The average Bonchev–Trinajstić information content (AvgIpc) is 2.86. The van der Waals surface area contributed by atoms with Gasteiger partial charge in [0.2, 0.25) is 0 Å². The van der Waals surface area contributed by atoms with Crippen LogP contribution in [-0.4, -0.2) is 6.36 Å². The van der Waals surface area contributed by atoms with Gasteiger partial charge in [0.05, 0.1) is 0 Å². The van der Waals surface area contributed by atoms with Crippen LogP contribution in [0.25, 0.3) is 11.1 Å². The molecule has 0 aromatic heterocycles. The lowest BCUT2D eigenvalue weighted by Gasteiger charge is -2.29. The maximum Gasteiger partial charge on any atom is 0.573 e. The van der Waals surface area contributed by atoms with E-state index < -0.39 is 23.7 Å². The van der Waals surface area contributed by atoms with Gasteiger partial charge in [-0.15, -0.1) is 13.2 Å². The predicted octanol–water partition coefficient (Wildman–Crippen LogP) is 10.8. The predicted molar refractivity (Wildman–Crippen MR) is 141 cm³/mol. The van der Waals surface area contributed by atoms with Crippen LogP contribution in [0.1, 0.15) is 77.2 Å². The average molecular weight is 535 g/mol. The van der Waals surface area contributed by atoms with E-state index >= 15 is 8.78 Å². The molecule has 4 rings (SSSR count). The fourth-order valence-electron chi connectivity index (χ4n) is 5.11. The van der Waals surface area contributed by atoms with Crippen molar-refractivity contribution in [1.29, 1.82) is 0 Å². The van der Waals surface area contributed by atoms with Gasteiger partial charge in [-0.25, -0.2) is 8.78 Å². The van der Waals surface area contributed by atoms with E-state index in [9.17, 15) is 13.2 Å². The number of alkyl halides is 3. The number of unbranched alkanes of at least 4 members (excludes halogenated alkanes) is 2. The first-order chi connectivity index (χ1) is 17.7. The van der Waals surface area contributed by atoms with Crippen LogP contribution < -0.4 is 9.47 Å². The molecule has 2 nitrogen and oxygen atoms in total. The minimum Gasteiger partial charge on any atom is -0.454 e. The highest BCUT2D eigenvalue weighted by molar-refractivity contribution is 5.67. The monoisotopic (exact) mass is 534 g/mol. The molecule has 0 aliphatic heterocycles. The number of hydrogen-bond donors (Lipinski definition) is 0. The van der Waals surface area contributed by atoms with Gasteiger partial charge in [-0.2, -0.15) is 0 Å². The van der Waals surface area contributed by atoms with E-state index in [4.69, 9.17) is 4.74 Å². The SMILES string of the molecule is C.CCCCC[C@H]1CC[C@H](c2ccc(-c3cccc(Oc4ccc(OC(F)(F)F)cc4)c3F)c(F)c2)CC1. The molecule has 206 valence electrons. The van der Waals surface area contributed by atoms with Crippen LogP contribution in [0.3, 0.4) is 0 Å². The van der Waals surface area contributed by atoms with Crippen molar-refractivity contribution in [3.63, 3.8) is 0 Å². The lowest BCUT2D eigenvalue weighted by atomic mass is 9.77. The standard InChI is InChI=1S/C30H31F5O2.CH4/c1-2-3-4-6-20-9-11-21(12-10-20)22-13-18-25(27(31)19-22)26-7-5-8-28(29(26)32)36-23-14-16-24(17-15-23)37-30(33,34)35;/h5,7-8,13-21H,2-4,6,9-12H2,1H3;1H4/t20-,21-;. The van der Waals surface area contributed by atoms with Crippen LogP contribution in [-0.2, 0) is 0 Å². The quantitative estimate of drug-likeness (QED) is 0.201. The summed E-state index contributed by atoms with van der Waals surface area (Å²) in [7, 11) is 0. The fraction of sp³-hybridized carbons (Fsp3) is 0.419. The molecule has 0 saturated heterocycles. The smallest absolute Gasteiger partial charge is 0.454 e. The normalized spacial score (nSPS) is 17.5. The molecular weight excluding hydrogens is 499 g/mol. The van der Waals surface area contributed by atoms with Crippen LogP contribution in [0.4, 0.5) is 22.0 Å². The Morgan fingerprint density at radius 2 is 1.50 bits per heavy atom. The number of hydrogen-bond acceptors (Lipinski definition) is 2. The lowest BCUT2D eigenvalue weighted by Crippen LogP contribution is -2.16. The molecule has 3 aromatic rings. The Labute approximate surface area is 221 Å². The Morgan fingerprint density at radius 3 is 2.13 bits per heavy atom. The summed E-state index contributed by atoms with van der Waals surface area (Å²) >= 11 is 0. The molecule has 0 amide bonds. The Hall–Kier alpha value is -3.09. The molecule has 3 aromatic carbocycles. The summed E-state index contributed by atoms with van der Waals surface area (Å²) in [5.41, 5.74) is 1.13. The van der Waals surface area contributed by atoms with Crippen LogP contribution >= 0.6 is 0 Å². The largest absolute Gasteiger partial charge is 0.573 e. The van der Waals surface area contributed by atoms with Gasteiger partial charge in [-0.05, 0) is 79.5 Å². The Bertz CT molecular complexity index is 1170. The maximum absolute atomic E-state index is 15.3. The fourth-order valence-corrected chi connectivity index (χ4v) is 5.11. The molecule has 0 N–H and O–H groups in total. The lowest BCUT2D eigenvalue weighted by molar-refractivity contribution is -0.274. The second-order valence-electron chi connectivity index (χ2n) is 9.69. The van der Waals surface area contributed by atoms with Crippen molar-refractivity contribution in [2.24, 2.45) is 5.92 Å². The van der Waals surface area contributed by atoms with Gasteiger partial charge in [0.25, 0.3) is 0 Å². The van der Waals surface area contributed by atoms with Crippen LogP contribution in [0.5, 0.6) is 17.2 Å². The number of benzene rings is 3. The number of ether oxygens (including phenoxy) is 2. The highest BCUT2D eigenvalue weighted by atomic mass is 19.4. The molecule has 0 radical (unpaired) electrons. The molecule has 1 aliphatic carbocycles. The minimum absolute atomic E-state index is 0. The van der Waals surface area contributed by atoms with Crippen LogP contribution in [0.15, 0.2) is 60.7 Å². The third kappa shape index (κ3) is 7.71. The van der Waals surface area contributed by atoms with E-state index in [1.807, 2.05) is 6.07 Å². The van der Waals surface area contributed by atoms with E-state index in [1.54, 1.807) is 12.1 Å². The van der Waals surface area contributed by atoms with Crippen molar-refractivity contribution in [1.82, 2.24) is 0 Å². The van der Waals surface area contributed by atoms with E-state index in [1.165, 1.54) is 56.0 Å². The minimum atomic E-state index is -4.81. The van der Waals surface area contributed by atoms with Crippen LogP contribution in [0, 0.1) is 17.6 Å². The molecule has 1 saturated carbocycles. The van der Waals surface area contributed by atoms with Crippen LogP contribution in [0.2, 0.25) is 0 Å². The number of halogens is 5. The molecule has 7 heteroatoms. The topological polar surface area (TPSA) is 18.5 Å². The summed E-state index contributed by atoms with van der Waals surface area (Å²) in [6, 6.07) is 14.0. The third-order valence-corrected chi connectivity index (χ3v) is 7.07. The van der Waals surface area contributed by atoms with Gasteiger partial charge < -0.3 is 9.47 Å². The summed E-state index contributed by atoms with van der Waals surface area (Å²) in [4.78, 5) is 0. The van der Waals surface area contributed by atoms with E-state index in [0.29, 0.717) is 5.92 Å². The Kier molecular flexibility index (Phi) is 10.2. The molecule has 0 heterocycles. The highest BCUT2D eigenvalue weighted by Crippen LogP contribution is 2.40. The molecule has 0 spiro atoms. The first-order valence-corrected chi connectivity index (χ1v) is 12.9. The van der Waals surface area contributed by atoms with Gasteiger partial charge in [-0.1, -0.05) is 64.3 Å². The summed E-state index contributed by atoms with van der Waals surface area (Å²) in [6.45, 7) is 2.21. The molecular formula is C31H35F5O2. The molecule has 0 bridgehead atoms. The van der Waals surface area contributed by atoms with E-state index in [-0.39, 0.29) is 30.1 Å². The van der Waals surface area contributed by atoms with Crippen molar-refractivity contribution in [2.45, 2.75) is 78.0 Å². The van der Waals surface area contributed by atoms with Crippen molar-refractivity contribution in [3.05, 3.63) is 77.9 Å². The van der Waals surface area contributed by atoms with Gasteiger partial charge >= 0.3 is 6.36 Å². The summed E-state index contributed by atoms with van der Waals surface area (Å²) in [5.74, 6) is -0.628. The van der Waals surface area contributed by atoms with Crippen molar-refractivity contribution >= 4 is 0 Å². The third-order valence-electron chi connectivity index (χ3n) is 7.07. The molecule has 1 fully saturated rings. The summed E-state index contributed by atoms with van der Waals surface area (Å²) in [6.07, 6.45) is 4.65. The van der Waals surface area contributed by atoms with E-state index in [0.717, 1.165) is 49.3 Å². The maximum atomic E-state index is 15.3. The van der Waals surface area contributed by atoms with Crippen molar-refractivity contribution < 1.29 is 31.4 Å². The Balaban J connectivity index is 0.00000400. The zero-order valence-corrected chi connectivity index (χ0v) is 20.8. The zero-order chi connectivity index (χ0) is 26.4. The second kappa shape index (κ2) is 13.1. The van der Waals surface area contributed by atoms with Gasteiger partial charge in [0.15, 0.2) is 11.6 Å². The molecule has 0 atom stereocenters. The van der Waals surface area contributed by atoms with Gasteiger partial charge in [0.1, 0.15) is 17.3 Å². The molecule has 38 heavy (non-hydrogen) atoms. The van der Waals surface area contributed by atoms with Crippen molar-refractivity contribution in [3.8, 4) is 28.4 Å². The van der Waals surface area contributed by atoms with Crippen molar-refractivity contribution in [2.75, 3.05) is 0 Å². The first-order valence-electron chi connectivity index (χ1n) is 12.9. The first kappa shape index (κ1) is 29.5. The second-order valence-corrected chi connectivity index (χ2v) is 9.69. The Morgan fingerprint density at radius 1 is 0.816 bits per heavy atom. The molecule has 0 unspecified atom stereocenters. The number of rotatable bonds is 9. The van der Waals surface area contributed by atoms with E-state index in [2.05, 4.69) is 11.7 Å². The zero-order valence-electron chi connectivity index (χ0n) is 20.8. The van der Waals surface area contributed by atoms with Gasteiger partial charge in [-0.3, -0.25) is 0 Å². The summed E-state index contributed by atoms with van der Waals surface area (Å²) in [5, 5.41) is 0. The summed E-state index contributed by atoms with van der Waals surface area (Å²) < 4.78 is 76.9. The highest BCUT2D eigenvalue weighted by Gasteiger charge is 2.31. The molecule has 1 aliphatic rings.